The second-order valence-corrected chi connectivity index (χ2v) is 7.49. The normalized spacial score (nSPS) is 13.6. The molecule has 0 radical (unpaired) electrons. The number of aryl methyl sites for hydroxylation is 2. The molecular weight excluding hydrogens is 374 g/mol. The van der Waals surface area contributed by atoms with Gasteiger partial charge >= 0.3 is 0 Å². The van der Waals surface area contributed by atoms with E-state index in [0.717, 1.165) is 47.8 Å². The Morgan fingerprint density at radius 3 is 2.46 bits per heavy atom. The van der Waals surface area contributed by atoms with Crippen LogP contribution in [0.5, 0.6) is 0 Å². The summed E-state index contributed by atoms with van der Waals surface area (Å²) < 4.78 is 3.79. The second-order valence-electron chi connectivity index (χ2n) is 6.73. The zero-order chi connectivity index (χ0) is 19.5. The van der Waals surface area contributed by atoms with E-state index in [1.807, 2.05) is 37.3 Å². The smallest absolute Gasteiger partial charge is 0.269 e. The number of nitrogens with zero attached hydrogens (tertiary/aromatic N) is 5. The first-order valence-corrected chi connectivity index (χ1v) is 9.94. The lowest BCUT2D eigenvalue weighted by molar-refractivity contribution is 0.103. The van der Waals surface area contributed by atoms with E-state index in [1.54, 1.807) is 6.92 Å². The largest absolute Gasteiger partial charge is 0.341 e. The summed E-state index contributed by atoms with van der Waals surface area (Å²) in [4.78, 5) is 24.2. The van der Waals surface area contributed by atoms with Crippen molar-refractivity contribution in [3.05, 3.63) is 46.6 Å². The number of hydrogen-bond donors (Lipinski definition) is 2. The standard InChI is InChI=1S/C19H21N7OS/c1-12-11-16(23-19(20-12)26-9-3-4-10-26)21-14-5-7-15(8-6-14)22-18(27)17-13(2)24-25-28-17/h5-8,11H,3-4,9-10H2,1-2H3,(H,22,27)(H,20,21,23). The molecule has 1 fully saturated rings. The molecule has 1 aromatic carbocycles. The Morgan fingerprint density at radius 2 is 1.79 bits per heavy atom. The molecule has 1 aliphatic heterocycles. The van der Waals surface area contributed by atoms with Crippen molar-refractivity contribution in [3.8, 4) is 0 Å². The van der Waals surface area contributed by atoms with Crippen molar-refractivity contribution in [2.24, 2.45) is 0 Å². The van der Waals surface area contributed by atoms with Gasteiger partial charge in [-0.2, -0.15) is 4.98 Å². The van der Waals surface area contributed by atoms with E-state index in [-0.39, 0.29) is 5.91 Å². The fourth-order valence-electron chi connectivity index (χ4n) is 3.09. The van der Waals surface area contributed by atoms with Crippen LogP contribution in [0.1, 0.15) is 33.9 Å². The van der Waals surface area contributed by atoms with Gasteiger partial charge in [-0.1, -0.05) is 4.49 Å². The Balaban J connectivity index is 1.44. The van der Waals surface area contributed by atoms with Crippen LogP contribution >= 0.6 is 11.5 Å². The molecule has 0 bridgehead atoms. The first-order valence-electron chi connectivity index (χ1n) is 9.16. The van der Waals surface area contributed by atoms with Gasteiger partial charge in [0, 0.05) is 36.2 Å². The van der Waals surface area contributed by atoms with Gasteiger partial charge in [0.25, 0.3) is 5.91 Å². The van der Waals surface area contributed by atoms with Gasteiger partial charge in [0.1, 0.15) is 10.7 Å². The van der Waals surface area contributed by atoms with Crippen molar-refractivity contribution in [2.75, 3.05) is 28.6 Å². The quantitative estimate of drug-likeness (QED) is 0.682. The van der Waals surface area contributed by atoms with Crippen molar-refractivity contribution in [3.63, 3.8) is 0 Å². The number of carbonyl (C=O) groups is 1. The Kier molecular flexibility index (Phi) is 5.16. The molecule has 3 heterocycles. The summed E-state index contributed by atoms with van der Waals surface area (Å²) in [5.74, 6) is 1.34. The van der Waals surface area contributed by atoms with Crippen LogP contribution in [0.15, 0.2) is 30.3 Å². The minimum atomic E-state index is -0.199. The molecule has 1 saturated heterocycles. The zero-order valence-corrected chi connectivity index (χ0v) is 16.6. The van der Waals surface area contributed by atoms with E-state index in [4.69, 9.17) is 0 Å². The van der Waals surface area contributed by atoms with Gasteiger partial charge in [-0.15, -0.1) is 5.10 Å². The lowest BCUT2D eigenvalue weighted by Crippen LogP contribution is -2.21. The molecule has 0 spiro atoms. The fraction of sp³-hybridized carbons (Fsp3) is 0.316. The summed E-state index contributed by atoms with van der Waals surface area (Å²) in [6.07, 6.45) is 2.37. The predicted octanol–water partition coefficient (Wildman–Crippen LogP) is 3.54. The van der Waals surface area contributed by atoms with Crippen LogP contribution in [0.3, 0.4) is 0 Å². The van der Waals surface area contributed by atoms with Crippen molar-refractivity contribution < 1.29 is 4.79 Å². The number of rotatable bonds is 5. The number of benzene rings is 1. The third-order valence-corrected chi connectivity index (χ3v) is 5.33. The Morgan fingerprint density at radius 1 is 1.07 bits per heavy atom. The number of aromatic nitrogens is 4. The van der Waals surface area contributed by atoms with Gasteiger partial charge in [-0.3, -0.25) is 4.79 Å². The van der Waals surface area contributed by atoms with Gasteiger partial charge in [-0.05, 0) is 62.5 Å². The van der Waals surface area contributed by atoms with Crippen molar-refractivity contribution in [1.29, 1.82) is 0 Å². The van der Waals surface area contributed by atoms with Crippen LogP contribution in [0.4, 0.5) is 23.1 Å². The molecule has 4 rings (SSSR count). The molecule has 1 aliphatic rings. The third-order valence-electron chi connectivity index (χ3n) is 4.50. The molecule has 9 heteroatoms. The summed E-state index contributed by atoms with van der Waals surface area (Å²) >= 11 is 1.09. The molecule has 2 aromatic heterocycles. The molecule has 8 nitrogen and oxygen atoms in total. The fourth-order valence-corrected chi connectivity index (χ4v) is 3.64. The van der Waals surface area contributed by atoms with Gasteiger partial charge in [0.2, 0.25) is 5.95 Å². The molecule has 28 heavy (non-hydrogen) atoms. The van der Waals surface area contributed by atoms with E-state index in [0.29, 0.717) is 16.3 Å². The maximum Gasteiger partial charge on any atom is 0.269 e. The van der Waals surface area contributed by atoms with Crippen LogP contribution in [0.2, 0.25) is 0 Å². The van der Waals surface area contributed by atoms with Crippen LogP contribution in [0, 0.1) is 13.8 Å². The highest BCUT2D eigenvalue weighted by Crippen LogP contribution is 2.22. The van der Waals surface area contributed by atoms with E-state index in [9.17, 15) is 4.79 Å². The SMILES string of the molecule is Cc1cc(Nc2ccc(NC(=O)c3snnc3C)cc2)nc(N2CCCC2)n1. The summed E-state index contributed by atoms with van der Waals surface area (Å²) in [5, 5.41) is 10.0. The van der Waals surface area contributed by atoms with Crippen LogP contribution in [-0.4, -0.2) is 38.6 Å². The summed E-state index contributed by atoms with van der Waals surface area (Å²) in [5.41, 5.74) is 3.16. The van der Waals surface area contributed by atoms with Crippen LogP contribution in [0.25, 0.3) is 0 Å². The Bertz CT molecular complexity index is 980. The van der Waals surface area contributed by atoms with Gasteiger partial charge in [0.05, 0.1) is 5.69 Å². The topological polar surface area (TPSA) is 95.9 Å². The van der Waals surface area contributed by atoms with Gasteiger partial charge in [0.15, 0.2) is 0 Å². The second kappa shape index (κ2) is 7.89. The average Bonchev–Trinajstić information content (AvgIpc) is 3.34. The highest BCUT2D eigenvalue weighted by atomic mass is 32.1. The number of hydrogen-bond acceptors (Lipinski definition) is 8. The lowest BCUT2D eigenvalue weighted by Gasteiger charge is -2.17. The first-order chi connectivity index (χ1) is 13.6. The van der Waals surface area contributed by atoms with E-state index in [1.165, 1.54) is 12.8 Å². The predicted molar refractivity (Wildman–Crippen MR) is 111 cm³/mol. The lowest BCUT2D eigenvalue weighted by atomic mass is 10.2. The molecule has 0 atom stereocenters. The molecule has 0 aliphatic carbocycles. The van der Waals surface area contributed by atoms with Crippen molar-refractivity contribution in [1.82, 2.24) is 19.6 Å². The molecule has 144 valence electrons. The third kappa shape index (κ3) is 4.09. The summed E-state index contributed by atoms with van der Waals surface area (Å²) in [6, 6.07) is 9.43. The molecule has 3 aromatic rings. The Labute approximate surface area is 167 Å². The number of anilines is 4. The maximum absolute atomic E-state index is 12.3. The van der Waals surface area contributed by atoms with Gasteiger partial charge < -0.3 is 15.5 Å². The first kappa shape index (κ1) is 18.3. The Hall–Kier alpha value is -3.07. The monoisotopic (exact) mass is 395 g/mol. The minimum Gasteiger partial charge on any atom is -0.341 e. The maximum atomic E-state index is 12.3. The summed E-state index contributed by atoms with van der Waals surface area (Å²) in [6.45, 7) is 5.75. The van der Waals surface area contributed by atoms with Crippen LogP contribution in [-0.2, 0) is 0 Å². The highest BCUT2D eigenvalue weighted by molar-refractivity contribution is 7.08. The van der Waals surface area contributed by atoms with E-state index < -0.39 is 0 Å². The van der Waals surface area contributed by atoms with Crippen molar-refractivity contribution in [2.45, 2.75) is 26.7 Å². The molecule has 1 amide bonds. The molecular formula is C19H21N7OS. The number of carbonyl (C=O) groups excluding carboxylic acids is 1. The summed E-state index contributed by atoms with van der Waals surface area (Å²) in [7, 11) is 0. The molecule has 0 saturated carbocycles. The van der Waals surface area contributed by atoms with Crippen molar-refractivity contribution >= 4 is 40.6 Å². The van der Waals surface area contributed by atoms with Gasteiger partial charge in [-0.25, -0.2) is 4.98 Å². The minimum absolute atomic E-state index is 0.199. The number of nitrogens with one attached hydrogen (secondary N) is 2. The van der Waals surface area contributed by atoms with E-state index in [2.05, 4.69) is 35.1 Å². The van der Waals surface area contributed by atoms with Crippen LogP contribution < -0.4 is 15.5 Å². The molecule has 0 unspecified atom stereocenters. The molecule has 2 N–H and O–H groups in total. The van der Waals surface area contributed by atoms with E-state index >= 15 is 0 Å². The zero-order valence-electron chi connectivity index (χ0n) is 15.8. The number of amides is 1. The average molecular weight is 395 g/mol. The highest BCUT2D eigenvalue weighted by Gasteiger charge is 2.16.